The van der Waals surface area contributed by atoms with Crippen LogP contribution in [0, 0.1) is 0 Å². The van der Waals surface area contributed by atoms with Crippen LogP contribution in [0.1, 0.15) is 38.2 Å². The molecular formula is C14H18N4O2. The molecule has 0 bridgehead atoms. The van der Waals surface area contributed by atoms with Crippen molar-refractivity contribution in [2.24, 2.45) is 0 Å². The number of carbonyl (C=O) groups is 1. The molecule has 106 valence electrons. The first-order chi connectivity index (χ1) is 9.45. The lowest BCUT2D eigenvalue weighted by Crippen LogP contribution is -2.24. The van der Waals surface area contributed by atoms with Gasteiger partial charge in [-0.15, -0.1) is 5.10 Å². The fourth-order valence-corrected chi connectivity index (χ4v) is 1.82. The maximum atomic E-state index is 12.0. The Balaban J connectivity index is 2.61. The van der Waals surface area contributed by atoms with Crippen molar-refractivity contribution in [1.82, 2.24) is 20.0 Å². The third-order valence-corrected chi connectivity index (χ3v) is 2.68. The third-order valence-electron chi connectivity index (χ3n) is 2.68. The molecule has 20 heavy (non-hydrogen) atoms. The number of hydrogen-bond donors (Lipinski definition) is 0. The van der Waals surface area contributed by atoms with Crippen molar-refractivity contribution in [3.63, 3.8) is 0 Å². The first-order valence-corrected chi connectivity index (χ1v) is 6.50. The van der Waals surface area contributed by atoms with Crippen LogP contribution in [0.4, 0.5) is 0 Å². The van der Waals surface area contributed by atoms with Crippen molar-refractivity contribution in [2.75, 3.05) is 6.61 Å². The van der Waals surface area contributed by atoms with Gasteiger partial charge in [0.15, 0.2) is 5.69 Å². The molecule has 0 radical (unpaired) electrons. The highest BCUT2D eigenvalue weighted by Gasteiger charge is 2.28. The number of hydrogen-bond acceptors (Lipinski definition) is 5. The van der Waals surface area contributed by atoms with E-state index in [9.17, 15) is 4.79 Å². The Hall–Kier alpha value is -2.24. The number of pyridine rings is 1. The zero-order chi connectivity index (χ0) is 14.8. The second-order valence-corrected chi connectivity index (χ2v) is 5.30. The average molecular weight is 274 g/mol. The van der Waals surface area contributed by atoms with Crippen molar-refractivity contribution in [2.45, 2.75) is 33.2 Å². The Morgan fingerprint density at radius 2 is 2.10 bits per heavy atom. The van der Waals surface area contributed by atoms with Gasteiger partial charge in [-0.05, 0) is 39.8 Å². The molecule has 6 nitrogen and oxygen atoms in total. The normalized spacial score (nSPS) is 11.4. The van der Waals surface area contributed by atoms with Crippen LogP contribution in [0.15, 0.2) is 24.4 Å². The number of rotatable bonds is 3. The first kappa shape index (κ1) is 14.2. The van der Waals surface area contributed by atoms with E-state index in [0.717, 1.165) is 0 Å². The number of nitrogens with zero attached hydrogens (tertiary/aromatic N) is 4. The molecule has 0 aliphatic rings. The van der Waals surface area contributed by atoms with Gasteiger partial charge in [0.2, 0.25) is 0 Å². The Bertz CT molecular complexity index is 599. The second-order valence-electron chi connectivity index (χ2n) is 5.30. The van der Waals surface area contributed by atoms with Crippen molar-refractivity contribution in [3.8, 4) is 11.4 Å². The number of esters is 1. The van der Waals surface area contributed by atoms with Gasteiger partial charge in [0.25, 0.3) is 0 Å². The Morgan fingerprint density at radius 1 is 1.35 bits per heavy atom. The number of aromatic nitrogens is 4. The van der Waals surface area contributed by atoms with Crippen molar-refractivity contribution < 1.29 is 9.53 Å². The average Bonchev–Trinajstić information content (AvgIpc) is 2.84. The molecule has 2 rings (SSSR count). The minimum Gasteiger partial charge on any atom is -0.461 e. The highest BCUT2D eigenvalue weighted by Crippen LogP contribution is 2.26. The summed E-state index contributed by atoms with van der Waals surface area (Å²) < 4.78 is 6.73. The summed E-state index contributed by atoms with van der Waals surface area (Å²) in [6, 6.07) is 5.50. The summed E-state index contributed by atoms with van der Waals surface area (Å²) in [7, 11) is 0. The van der Waals surface area contributed by atoms with Crippen LogP contribution in [0.25, 0.3) is 11.4 Å². The van der Waals surface area contributed by atoms with Crippen molar-refractivity contribution >= 4 is 5.97 Å². The summed E-state index contributed by atoms with van der Waals surface area (Å²) in [5, 5.41) is 8.07. The van der Waals surface area contributed by atoms with Gasteiger partial charge in [0.05, 0.1) is 17.8 Å². The lowest BCUT2D eigenvalue weighted by Gasteiger charge is -2.21. The van der Waals surface area contributed by atoms with Gasteiger partial charge in [-0.3, -0.25) is 4.98 Å². The standard InChI is InChI=1S/C14H18N4O2/c1-5-20-13(19)11-12(10-8-6-7-9-15-10)18(17-16-11)14(2,3)4/h6-9H,5H2,1-4H3. The van der Waals surface area contributed by atoms with E-state index in [-0.39, 0.29) is 11.2 Å². The molecule has 2 aromatic heterocycles. The molecule has 0 saturated carbocycles. The fourth-order valence-electron chi connectivity index (χ4n) is 1.82. The van der Waals surface area contributed by atoms with Crippen LogP contribution >= 0.6 is 0 Å². The molecule has 0 aliphatic carbocycles. The largest absolute Gasteiger partial charge is 0.461 e. The number of carbonyl (C=O) groups excluding carboxylic acids is 1. The smallest absolute Gasteiger partial charge is 0.361 e. The highest BCUT2D eigenvalue weighted by atomic mass is 16.5. The first-order valence-electron chi connectivity index (χ1n) is 6.50. The Morgan fingerprint density at radius 3 is 2.65 bits per heavy atom. The molecule has 0 saturated heterocycles. The monoisotopic (exact) mass is 274 g/mol. The van der Waals surface area contributed by atoms with E-state index in [1.54, 1.807) is 17.8 Å². The number of ether oxygens (including phenoxy) is 1. The van der Waals surface area contributed by atoms with Gasteiger partial charge in [-0.25, -0.2) is 9.48 Å². The van der Waals surface area contributed by atoms with E-state index in [1.165, 1.54) is 0 Å². The molecule has 2 heterocycles. The van der Waals surface area contributed by atoms with Crippen LogP contribution in [-0.4, -0.2) is 32.6 Å². The van der Waals surface area contributed by atoms with Crippen LogP contribution < -0.4 is 0 Å². The van der Waals surface area contributed by atoms with E-state index in [0.29, 0.717) is 18.0 Å². The summed E-state index contributed by atoms with van der Waals surface area (Å²) in [5.41, 5.74) is 1.11. The maximum absolute atomic E-state index is 12.0. The van der Waals surface area contributed by atoms with E-state index in [2.05, 4.69) is 15.3 Å². The zero-order valence-corrected chi connectivity index (χ0v) is 12.1. The van der Waals surface area contributed by atoms with Gasteiger partial charge >= 0.3 is 5.97 Å². The third kappa shape index (κ3) is 2.68. The summed E-state index contributed by atoms with van der Waals surface area (Å²) >= 11 is 0. The molecule has 2 aromatic rings. The SMILES string of the molecule is CCOC(=O)c1nnn(C(C)(C)C)c1-c1ccccn1. The molecule has 0 atom stereocenters. The minimum absolute atomic E-state index is 0.195. The van der Waals surface area contributed by atoms with Gasteiger partial charge in [-0.1, -0.05) is 11.3 Å². The molecular weight excluding hydrogens is 256 g/mol. The van der Waals surface area contributed by atoms with E-state index in [4.69, 9.17) is 4.74 Å². The minimum atomic E-state index is -0.483. The predicted octanol–water partition coefficient (Wildman–Crippen LogP) is 2.27. The molecule has 0 aliphatic heterocycles. The Kier molecular flexibility index (Phi) is 3.83. The fraction of sp³-hybridized carbons (Fsp3) is 0.429. The van der Waals surface area contributed by atoms with E-state index < -0.39 is 5.97 Å². The van der Waals surface area contributed by atoms with Gasteiger partial charge in [0, 0.05) is 6.20 Å². The van der Waals surface area contributed by atoms with Crippen LogP contribution in [0.5, 0.6) is 0 Å². The van der Waals surface area contributed by atoms with E-state index >= 15 is 0 Å². The summed E-state index contributed by atoms with van der Waals surface area (Å²) in [6.45, 7) is 8.02. The van der Waals surface area contributed by atoms with E-state index in [1.807, 2.05) is 39.0 Å². The van der Waals surface area contributed by atoms with Crippen LogP contribution in [-0.2, 0) is 10.3 Å². The summed E-state index contributed by atoms with van der Waals surface area (Å²) in [5.74, 6) is -0.483. The van der Waals surface area contributed by atoms with Gasteiger partial charge < -0.3 is 4.74 Å². The molecule has 0 N–H and O–H groups in total. The molecule has 0 unspecified atom stereocenters. The van der Waals surface area contributed by atoms with Crippen molar-refractivity contribution in [3.05, 3.63) is 30.1 Å². The lowest BCUT2D eigenvalue weighted by atomic mass is 10.1. The van der Waals surface area contributed by atoms with Crippen molar-refractivity contribution in [1.29, 1.82) is 0 Å². The lowest BCUT2D eigenvalue weighted by molar-refractivity contribution is 0.0520. The molecule has 0 aromatic carbocycles. The highest BCUT2D eigenvalue weighted by molar-refractivity contribution is 5.93. The molecule has 0 amide bonds. The van der Waals surface area contributed by atoms with Crippen LogP contribution in [0.3, 0.4) is 0 Å². The quantitative estimate of drug-likeness (QED) is 0.803. The Labute approximate surface area is 117 Å². The topological polar surface area (TPSA) is 69.9 Å². The maximum Gasteiger partial charge on any atom is 0.361 e. The zero-order valence-electron chi connectivity index (χ0n) is 12.1. The molecule has 6 heteroatoms. The second kappa shape index (κ2) is 5.40. The predicted molar refractivity (Wildman–Crippen MR) is 74.2 cm³/mol. The molecule has 0 fully saturated rings. The van der Waals surface area contributed by atoms with Gasteiger partial charge in [0.1, 0.15) is 5.69 Å². The van der Waals surface area contributed by atoms with Gasteiger partial charge in [-0.2, -0.15) is 0 Å². The summed E-state index contributed by atoms with van der Waals surface area (Å²) in [6.07, 6.45) is 1.67. The van der Waals surface area contributed by atoms with Crippen LogP contribution in [0.2, 0.25) is 0 Å². The molecule has 0 spiro atoms. The summed E-state index contributed by atoms with van der Waals surface area (Å²) in [4.78, 5) is 16.3.